The van der Waals surface area contributed by atoms with Crippen molar-refractivity contribution in [3.63, 3.8) is 0 Å². The third-order valence-electron chi connectivity index (χ3n) is 2.76. The number of aryl methyl sites for hydroxylation is 1. The molecule has 0 aromatic heterocycles. The van der Waals surface area contributed by atoms with Crippen LogP contribution in [-0.2, 0) is 13.0 Å². The molecule has 92 valence electrons. The number of nitrogens with zero attached hydrogens (tertiary/aromatic N) is 2. The molecular weight excluding hydrogens is 220 g/mol. The van der Waals surface area contributed by atoms with Gasteiger partial charge >= 0.3 is 0 Å². The van der Waals surface area contributed by atoms with Gasteiger partial charge in [-0.3, -0.25) is 0 Å². The first kappa shape index (κ1) is 12.5. The van der Waals surface area contributed by atoms with Crippen molar-refractivity contribution in [1.82, 2.24) is 0 Å². The summed E-state index contributed by atoms with van der Waals surface area (Å²) in [6.07, 6.45) is 2.13. The second-order valence-corrected chi connectivity index (χ2v) is 4.24. The molecule has 0 heterocycles. The smallest absolute Gasteiger partial charge is 0.0849 e. The summed E-state index contributed by atoms with van der Waals surface area (Å²) in [7, 11) is 0. The van der Waals surface area contributed by atoms with Gasteiger partial charge in [0.15, 0.2) is 0 Å². The molecule has 2 heteroatoms. The Morgan fingerprint density at radius 2 is 1.28 bits per heavy atom. The van der Waals surface area contributed by atoms with Gasteiger partial charge in [0, 0.05) is 0 Å². The highest BCUT2D eigenvalue weighted by atomic mass is 15.1. The molecule has 0 aliphatic carbocycles. The van der Waals surface area contributed by atoms with Crippen molar-refractivity contribution < 1.29 is 0 Å². The molecule has 0 unspecified atom stereocenters. The van der Waals surface area contributed by atoms with Crippen LogP contribution in [0.4, 0.5) is 0 Å². The molecule has 0 amide bonds. The zero-order valence-corrected chi connectivity index (χ0v) is 10.5. The maximum atomic E-state index is 4.21. The highest BCUT2D eigenvalue weighted by Crippen LogP contribution is 2.03. The third-order valence-corrected chi connectivity index (χ3v) is 2.76. The van der Waals surface area contributed by atoms with E-state index in [0.717, 1.165) is 19.4 Å². The third kappa shape index (κ3) is 4.50. The Kier molecular flexibility index (Phi) is 5.12. The SMILES string of the molecule is c1ccc(CCCN=NCc2ccccc2)cc1. The first-order valence-electron chi connectivity index (χ1n) is 6.36. The van der Waals surface area contributed by atoms with Crippen molar-refractivity contribution in [3.8, 4) is 0 Å². The number of rotatable bonds is 6. The monoisotopic (exact) mass is 238 g/mol. The standard InChI is InChI=1S/C16H18N2/c1-3-8-15(9-4-1)12-7-13-17-18-14-16-10-5-2-6-11-16/h1-6,8-11H,7,12-14H2. The van der Waals surface area contributed by atoms with E-state index in [1.165, 1.54) is 11.1 Å². The van der Waals surface area contributed by atoms with Crippen LogP contribution < -0.4 is 0 Å². The molecule has 0 atom stereocenters. The van der Waals surface area contributed by atoms with Gasteiger partial charge in [-0.15, -0.1) is 0 Å². The van der Waals surface area contributed by atoms with Gasteiger partial charge in [-0.2, -0.15) is 10.2 Å². The Labute approximate surface area is 108 Å². The summed E-state index contributed by atoms with van der Waals surface area (Å²) in [6.45, 7) is 1.49. The van der Waals surface area contributed by atoms with Crippen molar-refractivity contribution in [2.24, 2.45) is 10.2 Å². The van der Waals surface area contributed by atoms with Gasteiger partial charge < -0.3 is 0 Å². The highest BCUT2D eigenvalue weighted by Gasteiger charge is 1.91. The average molecular weight is 238 g/mol. The second kappa shape index (κ2) is 7.38. The van der Waals surface area contributed by atoms with Crippen molar-refractivity contribution in [2.75, 3.05) is 6.54 Å². The van der Waals surface area contributed by atoms with Crippen LogP contribution in [0.2, 0.25) is 0 Å². The Morgan fingerprint density at radius 1 is 0.667 bits per heavy atom. The summed E-state index contributed by atoms with van der Waals surface area (Å²) >= 11 is 0. The molecule has 0 spiro atoms. The van der Waals surface area contributed by atoms with E-state index in [4.69, 9.17) is 0 Å². The average Bonchev–Trinajstić information content (AvgIpc) is 2.45. The lowest BCUT2D eigenvalue weighted by molar-refractivity contribution is 0.768. The molecule has 0 fully saturated rings. The van der Waals surface area contributed by atoms with Crippen LogP contribution in [-0.4, -0.2) is 6.54 Å². The second-order valence-electron chi connectivity index (χ2n) is 4.24. The van der Waals surface area contributed by atoms with Gasteiger partial charge in [0.2, 0.25) is 0 Å². The van der Waals surface area contributed by atoms with Crippen molar-refractivity contribution in [3.05, 3.63) is 71.8 Å². The van der Waals surface area contributed by atoms with Crippen LogP contribution in [0.1, 0.15) is 17.5 Å². The normalized spacial score (nSPS) is 10.9. The quantitative estimate of drug-likeness (QED) is 0.530. The summed E-state index contributed by atoms with van der Waals surface area (Å²) in [5, 5.41) is 8.40. The topological polar surface area (TPSA) is 24.7 Å². The maximum absolute atomic E-state index is 4.21. The lowest BCUT2D eigenvalue weighted by Gasteiger charge is -1.98. The van der Waals surface area contributed by atoms with E-state index in [1.54, 1.807) is 0 Å². The minimum atomic E-state index is 0.687. The molecule has 0 bridgehead atoms. The maximum Gasteiger partial charge on any atom is 0.0849 e. The van der Waals surface area contributed by atoms with Crippen molar-refractivity contribution >= 4 is 0 Å². The molecule has 0 radical (unpaired) electrons. The van der Waals surface area contributed by atoms with Gasteiger partial charge in [0.1, 0.15) is 0 Å². The number of benzene rings is 2. The Morgan fingerprint density at radius 3 is 1.94 bits per heavy atom. The predicted octanol–water partition coefficient (Wildman–Crippen LogP) is 4.27. The highest BCUT2D eigenvalue weighted by molar-refractivity contribution is 5.15. The molecule has 0 saturated carbocycles. The zero-order chi connectivity index (χ0) is 12.5. The van der Waals surface area contributed by atoms with E-state index in [1.807, 2.05) is 24.3 Å². The van der Waals surface area contributed by atoms with Crippen LogP contribution in [0.3, 0.4) is 0 Å². The Balaban J connectivity index is 1.64. The van der Waals surface area contributed by atoms with Gasteiger partial charge in [0.25, 0.3) is 0 Å². The summed E-state index contributed by atoms with van der Waals surface area (Å²) in [6, 6.07) is 20.7. The first-order valence-corrected chi connectivity index (χ1v) is 6.36. The van der Waals surface area contributed by atoms with Crippen LogP contribution in [0.25, 0.3) is 0 Å². The van der Waals surface area contributed by atoms with E-state index in [9.17, 15) is 0 Å². The first-order chi connectivity index (χ1) is 8.95. The molecule has 0 saturated heterocycles. The van der Waals surface area contributed by atoms with E-state index in [-0.39, 0.29) is 0 Å². The molecule has 18 heavy (non-hydrogen) atoms. The van der Waals surface area contributed by atoms with Crippen molar-refractivity contribution in [1.29, 1.82) is 0 Å². The lowest BCUT2D eigenvalue weighted by atomic mass is 10.1. The molecule has 2 aromatic carbocycles. The summed E-state index contributed by atoms with van der Waals surface area (Å²) in [5.41, 5.74) is 2.58. The van der Waals surface area contributed by atoms with Crippen LogP contribution >= 0.6 is 0 Å². The zero-order valence-electron chi connectivity index (χ0n) is 10.5. The Hall–Kier alpha value is -1.96. The molecule has 0 N–H and O–H groups in total. The molecule has 2 nitrogen and oxygen atoms in total. The molecule has 0 aliphatic heterocycles. The van der Waals surface area contributed by atoms with E-state index in [2.05, 4.69) is 46.6 Å². The fourth-order valence-electron chi connectivity index (χ4n) is 1.78. The number of hydrogen-bond acceptors (Lipinski definition) is 2. The molecule has 2 rings (SSSR count). The molecular formula is C16H18N2. The van der Waals surface area contributed by atoms with E-state index < -0.39 is 0 Å². The fraction of sp³-hybridized carbons (Fsp3) is 0.250. The minimum Gasteiger partial charge on any atom is -0.194 e. The van der Waals surface area contributed by atoms with Gasteiger partial charge in [-0.1, -0.05) is 60.7 Å². The number of hydrogen-bond donors (Lipinski definition) is 0. The van der Waals surface area contributed by atoms with E-state index >= 15 is 0 Å². The van der Waals surface area contributed by atoms with Crippen LogP contribution in [0.5, 0.6) is 0 Å². The van der Waals surface area contributed by atoms with Gasteiger partial charge in [-0.25, -0.2) is 0 Å². The largest absolute Gasteiger partial charge is 0.194 e. The summed E-state index contributed by atoms with van der Waals surface area (Å²) in [4.78, 5) is 0. The molecule has 0 aliphatic rings. The van der Waals surface area contributed by atoms with Gasteiger partial charge in [0.05, 0.1) is 13.1 Å². The number of azo groups is 1. The Bertz CT molecular complexity index is 463. The fourth-order valence-corrected chi connectivity index (χ4v) is 1.78. The lowest BCUT2D eigenvalue weighted by Crippen LogP contribution is -1.87. The summed E-state index contributed by atoms with van der Waals surface area (Å²) in [5.74, 6) is 0. The molecule has 2 aromatic rings. The summed E-state index contributed by atoms with van der Waals surface area (Å²) < 4.78 is 0. The minimum absolute atomic E-state index is 0.687. The van der Waals surface area contributed by atoms with Crippen molar-refractivity contribution in [2.45, 2.75) is 19.4 Å². The van der Waals surface area contributed by atoms with Gasteiger partial charge in [-0.05, 0) is 24.0 Å². The predicted molar refractivity (Wildman–Crippen MR) is 74.6 cm³/mol. The van der Waals surface area contributed by atoms with E-state index in [0.29, 0.717) is 6.54 Å². The van der Waals surface area contributed by atoms with Crippen LogP contribution in [0.15, 0.2) is 70.9 Å². The van der Waals surface area contributed by atoms with Crippen LogP contribution in [0, 0.1) is 0 Å².